The molecule has 3 aromatic carbocycles. The topological polar surface area (TPSA) is 84.1 Å². The van der Waals surface area contributed by atoms with Crippen LogP contribution >= 0.6 is 11.6 Å². The van der Waals surface area contributed by atoms with E-state index in [9.17, 15) is 9.90 Å². The Morgan fingerprint density at radius 3 is 2.55 bits per heavy atom. The van der Waals surface area contributed by atoms with Gasteiger partial charge in [-0.2, -0.15) is 0 Å². The van der Waals surface area contributed by atoms with Crippen LogP contribution in [0.25, 0.3) is 11.0 Å². The lowest BCUT2D eigenvalue weighted by Gasteiger charge is -2.08. The van der Waals surface area contributed by atoms with Crippen LogP contribution in [0.5, 0.6) is 11.5 Å². The van der Waals surface area contributed by atoms with Crippen molar-refractivity contribution >= 4 is 34.2 Å². The van der Waals surface area contributed by atoms with E-state index in [2.05, 4.69) is 10.3 Å². The Labute approximate surface area is 196 Å². The first-order valence-electron chi connectivity index (χ1n) is 10.5. The second kappa shape index (κ2) is 10.2. The Morgan fingerprint density at radius 1 is 1.06 bits per heavy atom. The molecule has 1 heterocycles. The van der Waals surface area contributed by atoms with Gasteiger partial charge in [0, 0.05) is 23.0 Å². The quantitative estimate of drug-likeness (QED) is 0.360. The lowest BCUT2D eigenvalue weighted by molar-refractivity contribution is 0.0949. The van der Waals surface area contributed by atoms with Crippen molar-refractivity contribution in [2.75, 3.05) is 13.7 Å². The number of methoxy groups -OCH3 is 1. The number of phenolic OH excluding ortho intramolecular Hbond substituents is 1. The Kier molecular flexibility index (Phi) is 6.95. The number of nitrogens with one attached hydrogen (secondary N) is 1. The number of phenols is 1. The first-order valence-corrected chi connectivity index (χ1v) is 10.9. The van der Waals surface area contributed by atoms with Crippen LogP contribution in [0.3, 0.4) is 0 Å². The molecular formula is C26H23ClN2O4. The maximum absolute atomic E-state index is 13.0. The third kappa shape index (κ3) is 5.73. The summed E-state index contributed by atoms with van der Waals surface area (Å²) in [6.07, 6.45) is 1.60. The molecule has 1 aromatic heterocycles. The van der Waals surface area contributed by atoms with Gasteiger partial charge in [0.1, 0.15) is 22.6 Å². The highest BCUT2D eigenvalue weighted by Crippen LogP contribution is 2.21. The average Bonchev–Trinajstić information content (AvgIpc) is 2.83. The Balaban J connectivity index is 1.58. The number of hydrogen-bond acceptors (Lipinski definition) is 5. The van der Waals surface area contributed by atoms with Crippen LogP contribution < -0.4 is 15.6 Å². The minimum atomic E-state index is -0.280. The second-order valence-corrected chi connectivity index (χ2v) is 7.92. The summed E-state index contributed by atoms with van der Waals surface area (Å²) < 4.78 is 11.1. The third-order valence-corrected chi connectivity index (χ3v) is 5.37. The summed E-state index contributed by atoms with van der Waals surface area (Å²) in [7, 11) is 1.59. The summed E-state index contributed by atoms with van der Waals surface area (Å²) in [6, 6.07) is 21.2. The maximum Gasteiger partial charge on any atom is 0.256 e. The molecule has 0 radical (unpaired) electrons. The maximum atomic E-state index is 13.0. The number of halogens is 1. The predicted octanol–water partition coefficient (Wildman–Crippen LogP) is 5.40. The molecule has 0 fully saturated rings. The first kappa shape index (κ1) is 22.4. The zero-order valence-corrected chi connectivity index (χ0v) is 18.8. The van der Waals surface area contributed by atoms with Crippen molar-refractivity contribution in [2.24, 2.45) is 4.99 Å². The molecule has 1 amide bonds. The van der Waals surface area contributed by atoms with Crippen LogP contribution in [0.2, 0.25) is 5.02 Å². The predicted molar refractivity (Wildman–Crippen MR) is 128 cm³/mol. The van der Waals surface area contributed by atoms with Gasteiger partial charge in [-0.1, -0.05) is 23.7 Å². The molecule has 2 N–H and O–H groups in total. The van der Waals surface area contributed by atoms with Gasteiger partial charge in [-0.15, -0.1) is 0 Å². The van der Waals surface area contributed by atoms with Crippen LogP contribution in [0.1, 0.15) is 22.3 Å². The minimum Gasteiger partial charge on any atom is -0.508 e. The van der Waals surface area contributed by atoms with Crippen LogP contribution in [0, 0.1) is 0 Å². The van der Waals surface area contributed by atoms with Crippen molar-refractivity contribution in [2.45, 2.75) is 12.8 Å². The van der Waals surface area contributed by atoms with E-state index in [1.807, 2.05) is 24.3 Å². The number of aromatic hydroxyl groups is 1. The molecule has 4 aromatic rings. The Bertz CT molecular complexity index is 1330. The van der Waals surface area contributed by atoms with Crippen LogP contribution in [0.4, 0.5) is 5.69 Å². The SMILES string of the molecule is COc1ccc(N=c2oc3cc(O)ccc3cc2C(=O)NCCCc2ccc(Cl)cc2)cc1. The number of hydrogen-bond donors (Lipinski definition) is 2. The fourth-order valence-electron chi connectivity index (χ4n) is 3.37. The molecule has 4 rings (SSSR count). The normalized spacial score (nSPS) is 11.5. The fourth-order valence-corrected chi connectivity index (χ4v) is 3.49. The number of carbonyl (C=O) groups is 1. The number of nitrogens with zero attached hydrogens (tertiary/aromatic N) is 1. The van der Waals surface area contributed by atoms with Crippen molar-refractivity contribution in [3.63, 3.8) is 0 Å². The van der Waals surface area contributed by atoms with Gasteiger partial charge in [-0.05, 0) is 73.0 Å². The number of benzene rings is 3. The van der Waals surface area contributed by atoms with E-state index in [0.717, 1.165) is 18.4 Å². The van der Waals surface area contributed by atoms with Gasteiger partial charge in [0.25, 0.3) is 5.91 Å². The Morgan fingerprint density at radius 2 is 1.82 bits per heavy atom. The van der Waals surface area contributed by atoms with Crippen molar-refractivity contribution in [3.8, 4) is 11.5 Å². The minimum absolute atomic E-state index is 0.0704. The van der Waals surface area contributed by atoms with Crippen molar-refractivity contribution in [1.29, 1.82) is 0 Å². The number of amides is 1. The molecule has 168 valence electrons. The Hall–Kier alpha value is -3.77. The summed E-state index contributed by atoms with van der Waals surface area (Å²) >= 11 is 5.93. The monoisotopic (exact) mass is 462 g/mol. The summed E-state index contributed by atoms with van der Waals surface area (Å²) in [5.74, 6) is 0.492. The highest BCUT2D eigenvalue weighted by Gasteiger charge is 2.13. The van der Waals surface area contributed by atoms with Crippen LogP contribution in [-0.4, -0.2) is 24.7 Å². The van der Waals surface area contributed by atoms with Gasteiger partial charge in [0.15, 0.2) is 0 Å². The van der Waals surface area contributed by atoms with E-state index in [1.54, 1.807) is 49.6 Å². The lowest BCUT2D eigenvalue weighted by Crippen LogP contribution is -2.29. The molecule has 0 bridgehead atoms. The van der Waals surface area contributed by atoms with Gasteiger partial charge in [-0.25, -0.2) is 4.99 Å². The van der Waals surface area contributed by atoms with Gasteiger partial charge in [-0.3, -0.25) is 4.79 Å². The number of ether oxygens (including phenoxy) is 1. The molecule has 0 aliphatic rings. The van der Waals surface area contributed by atoms with E-state index in [4.69, 9.17) is 20.8 Å². The van der Waals surface area contributed by atoms with E-state index in [-0.39, 0.29) is 17.2 Å². The standard InChI is InChI=1S/C26H23ClN2O4/c1-32-22-12-9-20(10-13-22)29-26-23(15-18-6-11-21(30)16-24(18)33-26)25(31)28-14-2-3-17-4-7-19(27)8-5-17/h4-13,15-16,30H,2-3,14H2,1H3,(H,28,31). The fraction of sp³-hybridized carbons (Fsp3) is 0.154. The smallest absolute Gasteiger partial charge is 0.256 e. The van der Waals surface area contributed by atoms with Gasteiger partial charge in [0.05, 0.1) is 12.8 Å². The molecule has 0 atom stereocenters. The molecule has 0 saturated heterocycles. The highest BCUT2D eigenvalue weighted by atomic mass is 35.5. The summed E-state index contributed by atoms with van der Waals surface area (Å²) in [6.45, 7) is 0.497. The van der Waals surface area contributed by atoms with Crippen LogP contribution in [0.15, 0.2) is 82.2 Å². The summed E-state index contributed by atoms with van der Waals surface area (Å²) in [5, 5.41) is 14.1. The van der Waals surface area contributed by atoms with E-state index < -0.39 is 0 Å². The largest absolute Gasteiger partial charge is 0.508 e. The van der Waals surface area contributed by atoms with E-state index in [0.29, 0.717) is 39.5 Å². The van der Waals surface area contributed by atoms with E-state index >= 15 is 0 Å². The third-order valence-electron chi connectivity index (χ3n) is 5.12. The van der Waals surface area contributed by atoms with Crippen molar-refractivity contribution in [1.82, 2.24) is 5.32 Å². The molecule has 33 heavy (non-hydrogen) atoms. The first-order chi connectivity index (χ1) is 16.0. The molecule has 0 saturated carbocycles. The number of carbonyl (C=O) groups excluding carboxylic acids is 1. The van der Waals surface area contributed by atoms with Crippen molar-refractivity contribution in [3.05, 3.63) is 94.5 Å². The highest BCUT2D eigenvalue weighted by molar-refractivity contribution is 6.30. The summed E-state index contributed by atoms with van der Waals surface area (Å²) in [4.78, 5) is 17.5. The van der Waals surface area contributed by atoms with Crippen LogP contribution in [-0.2, 0) is 6.42 Å². The molecule has 0 aliphatic carbocycles. The summed E-state index contributed by atoms with van der Waals surface area (Å²) in [5.41, 5.74) is 2.67. The lowest BCUT2D eigenvalue weighted by atomic mass is 10.1. The molecule has 0 unspecified atom stereocenters. The number of rotatable bonds is 7. The van der Waals surface area contributed by atoms with Gasteiger partial charge >= 0.3 is 0 Å². The zero-order chi connectivity index (χ0) is 23.2. The molecule has 6 nitrogen and oxygen atoms in total. The zero-order valence-electron chi connectivity index (χ0n) is 18.0. The second-order valence-electron chi connectivity index (χ2n) is 7.48. The average molecular weight is 463 g/mol. The number of fused-ring (bicyclic) bond motifs is 1. The number of aryl methyl sites for hydroxylation is 1. The molecular weight excluding hydrogens is 440 g/mol. The van der Waals surface area contributed by atoms with Gasteiger partial charge in [0.2, 0.25) is 5.55 Å². The van der Waals surface area contributed by atoms with E-state index in [1.165, 1.54) is 6.07 Å². The molecule has 0 aliphatic heterocycles. The van der Waals surface area contributed by atoms with Gasteiger partial charge < -0.3 is 19.6 Å². The molecule has 7 heteroatoms. The van der Waals surface area contributed by atoms with Crippen molar-refractivity contribution < 1.29 is 19.1 Å². The molecule has 0 spiro atoms.